The van der Waals surface area contributed by atoms with Gasteiger partial charge < -0.3 is 5.32 Å². The molecule has 19 heavy (non-hydrogen) atoms. The van der Waals surface area contributed by atoms with Crippen molar-refractivity contribution in [3.8, 4) is 0 Å². The Balaban J connectivity index is 1.76. The van der Waals surface area contributed by atoms with E-state index in [0.29, 0.717) is 5.92 Å². The number of rotatable bonds is 1. The molecule has 1 aromatic carbocycles. The zero-order chi connectivity index (χ0) is 12.8. The molecule has 1 atom stereocenters. The summed E-state index contributed by atoms with van der Waals surface area (Å²) < 4.78 is 0. The third-order valence-corrected chi connectivity index (χ3v) is 4.32. The van der Waals surface area contributed by atoms with Gasteiger partial charge in [-0.05, 0) is 24.5 Å². The van der Waals surface area contributed by atoms with Crippen LogP contribution in [0.2, 0.25) is 0 Å². The van der Waals surface area contributed by atoms with Crippen LogP contribution in [-0.4, -0.2) is 16.5 Å². The topological polar surface area (TPSA) is 37.8 Å². The highest BCUT2D eigenvalue weighted by Gasteiger charge is 2.30. The Labute approximate surface area is 113 Å². The molecule has 0 saturated carbocycles. The van der Waals surface area contributed by atoms with Gasteiger partial charge in [-0.15, -0.1) is 0 Å². The molecule has 2 aromatic rings. The molecule has 3 nitrogen and oxygen atoms in total. The number of aryl methyl sites for hydroxylation is 1. The Hall–Kier alpha value is -1.74. The van der Waals surface area contributed by atoms with Crippen molar-refractivity contribution in [2.45, 2.75) is 32.2 Å². The molecule has 4 rings (SSSR count). The highest BCUT2D eigenvalue weighted by Crippen LogP contribution is 2.38. The van der Waals surface area contributed by atoms with Gasteiger partial charge >= 0.3 is 0 Å². The smallest absolute Gasteiger partial charge is 0.136 e. The van der Waals surface area contributed by atoms with Crippen LogP contribution in [0.5, 0.6) is 0 Å². The predicted molar refractivity (Wildman–Crippen MR) is 74.2 cm³/mol. The first-order chi connectivity index (χ1) is 9.33. The molecule has 2 aliphatic rings. The Bertz CT molecular complexity index is 648. The molecule has 0 saturated heterocycles. The first-order valence-corrected chi connectivity index (χ1v) is 6.98. The summed E-state index contributed by atoms with van der Waals surface area (Å²) in [6.07, 6.45) is 2.12. The van der Waals surface area contributed by atoms with E-state index < -0.39 is 0 Å². The Morgan fingerprint density at radius 1 is 1.21 bits per heavy atom. The Morgan fingerprint density at radius 2 is 2.11 bits per heavy atom. The number of benzene rings is 1. The molecular formula is C16H17N3. The molecule has 0 radical (unpaired) electrons. The first-order valence-electron chi connectivity index (χ1n) is 6.98. The van der Waals surface area contributed by atoms with Crippen molar-refractivity contribution in [1.82, 2.24) is 15.3 Å². The van der Waals surface area contributed by atoms with E-state index in [1.54, 1.807) is 0 Å². The monoisotopic (exact) mass is 251 g/mol. The van der Waals surface area contributed by atoms with Crippen molar-refractivity contribution >= 4 is 0 Å². The minimum absolute atomic E-state index is 0.412. The molecule has 0 bridgehead atoms. The van der Waals surface area contributed by atoms with E-state index in [1.807, 2.05) is 0 Å². The summed E-state index contributed by atoms with van der Waals surface area (Å²) in [5.74, 6) is 1.44. The molecule has 96 valence electrons. The summed E-state index contributed by atoms with van der Waals surface area (Å²) in [5.41, 5.74) is 6.58. The average molecular weight is 251 g/mol. The fourth-order valence-electron chi connectivity index (χ4n) is 3.18. The standard InChI is InChI=1S/C16H17N3/c1-10-14-9-17-7-6-15(14)19-16(18-10)13-8-11-4-2-3-5-12(11)13/h2-5,13,17H,6-9H2,1H3. The third-order valence-electron chi connectivity index (χ3n) is 4.32. The van der Waals surface area contributed by atoms with Gasteiger partial charge in [-0.1, -0.05) is 24.3 Å². The quantitative estimate of drug-likeness (QED) is 0.843. The van der Waals surface area contributed by atoms with Crippen LogP contribution >= 0.6 is 0 Å². The van der Waals surface area contributed by atoms with Gasteiger partial charge in [0.1, 0.15) is 5.82 Å². The fourth-order valence-corrected chi connectivity index (χ4v) is 3.18. The van der Waals surface area contributed by atoms with Crippen molar-refractivity contribution < 1.29 is 0 Å². The van der Waals surface area contributed by atoms with Gasteiger partial charge in [0.25, 0.3) is 0 Å². The number of aromatic nitrogens is 2. The van der Waals surface area contributed by atoms with Crippen LogP contribution in [0, 0.1) is 6.92 Å². The van der Waals surface area contributed by atoms with E-state index in [2.05, 4.69) is 36.5 Å². The maximum atomic E-state index is 4.84. The summed E-state index contributed by atoms with van der Waals surface area (Å²) >= 11 is 0. The van der Waals surface area contributed by atoms with Crippen molar-refractivity contribution in [3.63, 3.8) is 0 Å². The second-order valence-electron chi connectivity index (χ2n) is 5.47. The lowest BCUT2D eigenvalue weighted by Crippen LogP contribution is -2.28. The van der Waals surface area contributed by atoms with E-state index in [0.717, 1.165) is 37.4 Å². The molecule has 0 amide bonds. The van der Waals surface area contributed by atoms with E-state index in [1.165, 1.54) is 22.4 Å². The molecule has 1 aromatic heterocycles. The first kappa shape index (κ1) is 11.1. The molecule has 1 aliphatic heterocycles. The lowest BCUT2D eigenvalue weighted by Gasteiger charge is -2.30. The van der Waals surface area contributed by atoms with Gasteiger partial charge in [0.2, 0.25) is 0 Å². The van der Waals surface area contributed by atoms with E-state index in [-0.39, 0.29) is 0 Å². The number of fused-ring (bicyclic) bond motifs is 2. The molecule has 2 heterocycles. The Kier molecular flexibility index (Phi) is 2.42. The average Bonchev–Trinajstić information content (AvgIpc) is 2.40. The SMILES string of the molecule is Cc1nc(C2Cc3ccccc32)nc2c1CNCC2. The van der Waals surface area contributed by atoms with E-state index in [4.69, 9.17) is 9.97 Å². The number of nitrogens with zero attached hydrogens (tertiary/aromatic N) is 2. The largest absolute Gasteiger partial charge is 0.312 e. The number of hydrogen-bond acceptors (Lipinski definition) is 3. The molecule has 1 aliphatic carbocycles. The zero-order valence-corrected chi connectivity index (χ0v) is 11.1. The van der Waals surface area contributed by atoms with Crippen LogP contribution in [0.4, 0.5) is 0 Å². The maximum Gasteiger partial charge on any atom is 0.136 e. The lowest BCUT2D eigenvalue weighted by atomic mass is 9.77. The highest BCUT2D eigenvalue weighted by atomic mass is 15.0. The number of nitrogens with one attached hydrogen (secondary N) is 1. The minimum Gasteiger partial charge on any atom is -0.312 e. The molecule has 0 spiro atoms. The molecule has 0 fully saturated rings. The highest BCUT2D eigenvalue weighted by molar-refractivity contribution is 5.44. The third kappa shape index (κ3) is 1.69. The lowest BCUT2D eigenvalue weighted by molar-refractivity contribution is 0.593. The minimum atomic E-state index is 0.412. The van der Waals surface area contributed by atoms with Crippen molar-refractivity contribution in [2.75, 3.05) is 6.54 Å². The van der Waals surface area contributed by atoms with Crippen molar-refractivity contribution in [1.29, 1.82) is 0 Å². The summed E-state index contributed by atoms with van der Waals surface area (Å²) in [6, 6.07) is 8.64. The predicted octanol–water partition coefficient (Wildman–Crippen LogP) is 2.12. The second-order valence-corrected chi connectivity index (χ2v) is 5.47. The van der Waals surface area contributed by atoms with E-state index >= 15 is 0 Å². The van der Waals surface area contributed by atoms with Crippen LogP contribution in [0.25, 0.3) is 0 Å². The zero-order valence-electron chi connectivity index (χ0n) is 11.1. The van der Waals surface area contributed by atoms with Gasteiger partial charge in [0.15, 0.2) is 0 Å². The van der Waals surface area contributed by atoms with Gasteiger partial charge in [0.05, 0.1) is 5.69 Å². The normalized spacial score (nSPS) is 20.4. The Morgan fingerprint density at radius 3 is 3.00 bits per heavy atom. The maximum absolute atomic E-state index is 4.84. The summed E-state index contributed by atoms with van der Waals surface area (Å²) in [4.78, 5) is 9.60. The van der Waals surface area contributed by atoms with Crippen LogP contribution < -0.4 is 5.32 Å². The molecule has 1 N–H and O–H groups in total. The molecule has 1 unspecified atom stereocenters. The molecular weight excluding hydrogens is 234 g/mol. The van der Waals surface area contributed by atoms with Crippen molar-refractivity contribution in [3.05, 3.63) is 58.2 Å². The summed E-state index contributed by atoms with van der Waals surface area (Å²) in [5, 5.41) is 3.39. The van der Waals surface area contributed by atoms with Gasteiger partial charge in [0, 0.05) is 36.7 Å². The van der Waals surface area contributed by atoms with Gasteiger partial charge in [-0.25, -0.2) is 9.97 Å². The second kappa shape index (κ2) is 4.14. The summed E-state index contributed by atoms with van der Waals surface area (Å²) in [7, 11) is 0. The van der Waals surface area contributed by atoms with Gasteiger partial charge in [-0.2, -0.15) is 0 Å². The fraction of sp³-hybridized carbons (Fsp3) is 0.375. The summed E-state index contributed by atoms with van der Waals surface area (Å²) in [6.45, 7) is 4.06. The van der Waals surface area contributed by atoms with Crippen molar-refractivity contribution in [2.24, 2.45) is 0 Å². The van der Waals surface area contributed by atoms with Crippen LogP contribution in [0.3, 0.4) is 0 Å². The van der Waals surface area contributed by atoms with Gasteiger partial charge in [-0.3, -0.25) is 0 Å². The molecule has 3 heteroatoms. The van der Waals surface area contributed by atoms with Crippen LogP contribution in [0.15, 0.2) is 24.3 Å². The van der Waals surface area contributed by atoms with Crippen LogP contribution in [-0.2, 0) is 19.4 Å². The van der Waals surface area contributed by atoms with E-state index in [9.17, 15) is 0 Å². The van der Waals surface area contributed by atoms with Crippen LogP contribution in [0.1, 0.15) is 39.8 Å². The number of hydrogen-bond donors (Lipinski definition) is 1.